The number of carbonyl (C=O) groups excluding carboxylic acids is 1. The molecule has 0 rings (SSSR count). The molecule has 14 heavy (non-hydrogen) atoms. The average molecular weight is 219 g/mol. The predicted molar refractivity (Wildman–Crippen MR) is 61.5 cm³/mol. The van der Waals surface area contributed by atoms with Gasteiger partial charge in [-0.25, -0.2) is 0 Å². The second-order valence-electron chi connectivity index (χ2n) is 3.30. The third-order valence-electron chi connectivity index (χ3n) is 1.74. The maximum absolute atomic E-state index is 11.2. The smallest absolute Gasteiger partial charge is 0.230 e. The van der Waals surface area contributed by atoms with Gasteiger partial charge in [-0.3, -0.25) is 4.79 Å². The van der Waals surface area contributed by atoms with Crippen LogP contribution in [0.5, 0.6) is 0 Å². The quantitative estimate of drug-likeness (QED) is 0.607. The first-order valence-electron chi connectivity index (χ1n) is 5.23. The monoisotopic (exact) mass is 219 g/mol. The molecular weight excluding hydrogens is 198 g/mol. The predicted octanol–water partition coefficient (Wildman–Crippen LogP) is 1.41. The number of rotatable bonds is 8. The van der Waals surface area contributed by atoms with Crippen LogP contribution >= 0.6 is 11.8 Å². The number of hydrogen-bond acceptors (Lipinski definition) is 3. The van der Waals surface area contributed by atoms with Crippen molar-refractivity contribution in [2.45, 2.75) is 39.2 Å². The van der Waals surface area contributed by atoms with E-state index in [4.69, 9.17) is 0 Å². The molecule has 0 bridgehead atoms. The average Bonchev–Trinajstić information content (AvgIpc) is 2.16. The lowest BCUT2D eigenvalue weighted by Gasteiger charge is -2.10. The van der Waals surface area contributed by atoms with Crippen LogP contribution in [-0.4, -0.2) is 35.2 Å². The first-order chi connectivity index (χ1) is 6.70. The standard InChI is InChI=1S/C10H21NO2S/c1-3-5-9(12)7-11-10(13)8-14-6-4-2/h9,12H,3-8H2,1-2H3,(H,11,13). The first-order valence-corrected chi connectivity index (χ1v) is 6.38. The molecule has 1 atom stereocenters. The van der Waals surface area contributed by atoms with Crippen molar-refractivity contribution in [2.75, 3.05) is 18.1 Å². The summed E-state index contributed by atoms with van der Waals surface area (Å²) in [6.07, 6.45) is 2.40. The van der Waals surface area contributed by atoms with E-state index in [-0.39, 0.29) is 12.0 Å². The molecule has 2 N–H and O–H groups in total. The molecule has 0 aliphatic heterocycles. The second kappa shape index (κ2) is 9.34. The summed E-state index contributed by atoms with van der Waals surface area (Å²) >= 11 is 1.63. The van der Waals surface area contributed by atoms with E-state index in [0.29, 0.717) is 12.3 Å². The summed E-state index contributed by atoms with van der Waals surface area (Å²) in [6, 6.07) is 0. The lowest BCUT2D eigenvalue weighted by molar-refractivity contribution is -0.119. The van der Waals surface area contributed by atoms with Crippen LogP contribution < -0.4 is 5.32 Å². The van der Waals surface area contributed by atoms with Gasteiger partial charge in [0.15, 0.2) is 0 Å². The molecule has 0 heterocycles. The van der Waals surface area contributed by atoms with Gasteiger partial charge >= 0.3 is 0 Å². The number of thioether (sulfide) groups is 1. The number of nitrogens with one attached hydrogen (secondary N) is 1. The Labute approximate surface area is 90.7 Å². The summed E-state index contributed by atoms with van der Waals surface area (Å²) in [5, 5.41) is 12.1. The summed E-state index contributed by atoms with van der Waals surface area (Å²) in [4.78, 5) is 11.2. The molecular formula is C10H21NO2S. The molecule has 1 amide bonds. The maximum Gasteiger partial charge on any atom is 0.230 e. The molecule has 3 nitrogen and oxygen atoms in total. The fraction of sp³-hybridized carbons (Fsp3) is 0.900. The van der Waals surface area contributed by atoms with Crippen molar-refractivity contribution in [3.05, 3.63) is 0 Å². The molecule has 84 valence electrons. The van der Waals surface area contributed by atoms with Gasteiger partial charge in [-0.15, -0.1) is 0 Å². The van der Waals surface area contributed by atoms with Crippen LogP contribution in [0.15, 0.2) is 0 Å². The van der Waals surface area contributed by atoms with Crippen molar-refractivity contribution in [1.82, 2.24) is 5.32 Å². The maximum atomic E-state index is 11.2. The Hall–Kier alpha value is -0.220. The number of aliphatic hydroxyl groups is 1. The summed E-state index contributed by atoms with van der Waals surface area (Å²) in [7, 11) is 0. The highest BCUT2D eigenvalue weighted by molar-refractivity contribution is 7.99. The summed E-state index contributed by atoms with van der Waals surface area (Å²) < 4.78 is 0. The van der Waals surface area contributed by atoms with Gasteiger partial charge in [-0.2, -0.15) is 11.8 Å². The molecule has 0 spiro atoms. The van der Waals surface area contributed by atoms with Crippen LogP contribution in [0.1, 0.15) is 33.1 Å². The third-order valence-corrected chi connectivity index (χ3v) is 2.90. The molecule has 0 aromatic rings. The number of carbonyl (C=O) groups is 1. The van der Waals surface area contributed by atoms with E-state index in [0.717, 1.165) is 25.0 Å². The van der Waals surface area contributed by atoms with Gasteiger partial charge in [0, 0.05) is 6.54 Å². The van der Waals surface area contributed by atoms with Crippen molar-refractivity contribution in [3.63, 3.8) is 0 Å². The minimum Gasteiger partial charge on any atom is -0.391 e. The SMILES string of the molecule is CCCSCC(=O)NCC(O)CCC. The van der Waals surface area contributed by atoms with E-state index >= 15 is 0 Å². The van der Waals surface area contributed by atoms with E-state index in [9.17, 15) is 9.90 Å². The Morgan fingerprint density at radius 1 is 1.43 bits per heavy atom. The van der Waals surface area contributed by atoms with Crippen LogP contribution in [0.25, 0.3) is 0 Å². The van der Waals surface area contributed by atoms with Gasteiger partial charge in [0.2, 0.25) is 5.91 Å². The van der Waals surface area contributed by atoms with E-state index in [1.165, 1.54) is 0 Å². The Morgan fingerprint density at radius 2 is 2.14 bits per heavy atom. The van der Waals surface area contributed by atoms with Gasteiger partial charge in [-0.05, 0) is 18.6 Å². The Balaban J connectivity index is 3.34. The van der Waals surface area contributed by atoms with E-state index in [1.807, 2.05) is 6.92 Å². The number of hydrogen-bond donors (Lipinski definition) is 2. The number of amides is 1. The fourth-order valence-electron chi connectivity index (χ4n) is 1.03. The van der Waals surface area contributed by atoms with Crippen molar-refractivity contribution in [3.8, 4) is 0 Å². The molecule has 0 aromatic heterocycles. The molecule has 0 aliphatic rings. The Morgan fingerprint density at radius 3 is 2.71 bits per heavy atom. The van der Waals surface area contributed by atoms with E-state index in [2.05, 4.69) is 12.2 Å². The Kier molecular flexibility index (Phi) is 9.19. The first kappa shape index (κ1) is 13.8. The molecule has 4 heteroatoms. The highest BCUT2D eigenvalue weighted by Gasteiger charge is 2.05. The molecule has 0 fully saturated rings. The lowest BCUT2D eigenvalue weighted by Crippen LogP contribution is -2.33. The largest absolute Gasteiger partial charge is 0.391 e. The zero-order valence-corrected chi connectivity index (χ0v) is 9.90. The van der Waals surface area contributed by atoms with Crippen LogP contribution in [0.2, 0.25) is 0 Å². The molecule has 0 radical (unpaired) electrons. The highest BCUT2D eigenvalue weighted by Crippen LogP contribution is 2.01. The zero-order valence-electron chi connectivity index (χ0n) is 9.08. The van der Waals surface area contributed by atoms with Crippen molar-refractivity contribution < 1.29 is 9.90 Å². The van der Waals surface area contributed by atoms with Gasteiger partial charge in [0.25, 0.3) is 0 Å². The van der Waals surface area contributed by atoms with Crippen LogP contribution in [0.3, 0.4) is 0 Å². The summed E-state index contributed by atoms with van der Waals surface area (Å²) in [5.41, 5.74) is 0. The van der Waals surface area contributed by atoms with E-state index in [1.54, 1.807) is 11.8 Å². The van der Waals surface area contributed by atoms with Gasteiger partial charge in [0.1, 0.15) is 0 Å². The molecule has 0 aliphatic carbocycles. The van der Waals surface area contributed by atoms with Crippen LogP contribution in [0, 0.1) is 0 Å². The van der Waals surface area contributed by atoms with Gasteiger partial charge < -0.3 is 10.4 Å². The molecule has 0 aromatic carbocycles. The van der Waals surface area contributed by atoms with Gasteiger partial charge in [-0.1, -0.05) is 20.3 Å². The second-order valence-corrected chi connectivity index (χ2v) is 4.40. The van der Waals surface area contributed by atoms with Crippen LogP contribution in [-0.2, 0) is 4.79 Å². The topological polar surface area (TPSA) is 49.3 Å². The lowest BCUT2D eigenvalue weighted by atomic mass is 10.2. The normalized spacial score (nSPS) is 12.5. The van der Waals surface area contributed by atoms with E-state index < -0.39 is 0 Å². The summed E-state index contributed by atoms with van der Waals surface area (Å²) in [5.74, 6) is 1.55. The molecule has 0 saturated heterocycles. The van der Waals surface area contributed by atoms with Gasteiger partial charge in [0.05, 0.1) is 11.9 Å². The third kappa shape index (κ3) is 8.38. The molecule has 0 saturated carbocycles. The van der Waals surface area contributed by atoms with Crippen molar-refractivity contribution in [1.29, 1.82) is 0 Å². The zero-order chi connectivity index (χ0) is 10.8. The van der Waals surface area contributed by atoms with Crippen molar-refractivity contribution >= 4 is 17.7 Å². The van der Waals surface area contributed by atoms with Crippen molar-refractivity contribution in [2.24, 2.45) is 0 Å². The molecule has 1 unspecified atom stereocenters. The fourth-order valence-corrected chi connectivity index (χ4v) is 1.75. The summed E-state index contributed by atoms with van der Waals surface area (Å²) in [6.45, 7) is 4.50. The highest BCUT2D eigenvalue weighted by atomic mass is 32.2. The number of aliphatic hydroxyl groups excluding tert-OH is 1. The minimum atomic E-state index is -0.389. The Bertz CT molecular complexity index is 153. The van der Waals surface area contributed by atoms with Crippen LogP contribution in [0.4, 0.5) is 0 Å². The minimum absolute atomic E-state index is 0.0265.